The Morgan fingerprint density at radius 1 is 1.06 bits per heavy atom. The Bertz CT molecular complexity index is 578. The van der Waals surface area contributed by atoms with E-state index in [0.29, 0.717) is 6.61 Å². The van der Waals surface area contributed by atoms with E-state index >= 15 is 0 Å². The maximum atomic E-state index is 5.66. The molecule has 3 aromatic rings. The van der Waals surface area contributed by atoms with E-state index in [-0.39, 0.29) is 0 Å². The summed E-state index contributed by atoms with van der Waals surface area (Å²) in [5.41, 5.74) is 0.896. The number of rotatable bonds is 3. The quantitative estimate of drug-likeness (QED) is 0.673. The van der Waals surface area contributed by atoms with Gasteiger partial charge in [-0.3, -0.25) is 0 Å². The van der Waals surface area contributed by atoms with E-state index in [9.17, 15) is 0 Å². The predicted octanol–water partition coefficient (Wildman–Crippen LogP) is 3.81. The summed E-state index contributed by atoms with van der Waals surface area (Å²) < 4.78 is 11.3. The fourth-order valence-electron chi connectivity index (χ4n) is 1.73. The van der Waals surface area contributed by atoms with Gasteiger partial charge in [-0.2, -0.15) is 0 Å². The number of benzene rings is 2. The molecule has 0 atom stereocenters. The lowest BCUT2D eigenvalue weighted by atomic mass is 10.2. The van der Waals surface area contributed by atoms with Gasteiger partial charge in [0.25, 0.3) is 0 Å². The minimum Gasteiger partial charge on any atom is -0.486 e. The molecule has 2 nitrogen and oxygen atoms in total. The molecule has 0 aliphatic heterocycles. The molecule has 0 aliphatic carbocycles. The van der Waals surface area contributed by atoms with Gasteiger partial charge in [0.1, 0.15) is 23.7 Å². The van der Waals surface area contributed by atoms with Crippen LogP contribution in [-0.4, -0.2) is 0 Å². The third-order valence-electron chi connectivity index (χ3n) is 2.55. The van der Waals surface area contributed by atoms with Crippen LogP contribution in [0.4, 0.5) is 0 Å². The zero-order valence-electron chi connectivity index (χ0n) is 9.22. The van der Waals surface area contributed by atoms with Crippen LogP contribution in [-0.2, 0) is 6.61 Å². The molecule has 0 aliphatic rings. The Morgan fingerprint density at radius 3 is 2.71 bits per heavy atom. The largest absolute Gasteiger partial charge is 0.486 e. The monoisotopic (exact) mass is 223 g/mol. The van der Waals surface area contributed by atoms with Crippen molar-refractivity contribution in [1.29, 1.82) is 0 Å². The van der Waals surface area contributed by atoms with Crippen molar-refractivity contribution < 1.29 is 9.15 Å². The van der Waals surface area contributed by atoms with Crippen LogP contribution < -0.4 is 4.74 Å². The van der Waals surface area contributed by atoms with Crippen molar-refractivity contribution in [2.45, 2.75) is 6.61 Å². The van der Waals surface area contributed by atoms with Gasteiger partial charge < -0.3 is 9.15 Å². The van der Waals surface area contributed by atoms with Gasteiger partial charge in [0, 0.05) is 5.39 Å². The fourth-order valence-corrected chi connectivity index (χ4v) is 1.73. The molecule has 1 radical (unpaired) electrons. The van der Waals surface area contributed by atoms with Gasteiger partial charge in [-0.15, -0.1) is 0 Å². The molecule has 0 amide bonds. The lowest BCUT2D eigenvalue weighted by Crippen LogP contribution is -1.92. The summed E-state index contributed by atoms with van der Waals surface area (Å²) in [5.74, 6) is 1.66. The molecule has 1 aromatic heterocycles. The predicted molar refractivity (Wildman–Crippen MR) is 65.8 cm³/mol. The molecular weight excluding hydrogens is 212 g/mol. The Balaban J connectivity index is 1.77. The standard InChI is InChI=1S/C15H11O2/c1-2-7-13(8-3-1)16-11-14-10-12-6-4-5-9-15(12)17-14/h2-10H,11H2. The third kappa shape index (κ3) is 2.16. The maximum absolute atomic E-state index is 5.66. The van der Waals surface area contributed by atoms with E-state index in [0.717, 1.165) is 22.5 Å². The smallest absolute Gasteiger partial charge is 0.146 e. The van der Waals surface area contributed by atoms with Gasteiger partial charge in [-0.25, -0.2) is 0 Å². The van der Waals surface area contributed by atoms with Crippen LogP contribution in [0.2, 0.25) is 0 Å². The van der Waals surface area contributed by atoms with E-state index in [1.165, 1.54) is 0 Å². The third-order valence-corrected chi connectivity index (χ3v) is 2.55. The van der Waals surface area contributed by atoms with Gasteiger partial charge in [-0.05, 0) is 30.3 Å². The molecule has 1 heterocycles. The van der Waals surface area contributed by atoms with Gasteiger partial charge in [0.15, 0.2) is 0 Å². The highest BCUT2D eigenvalue weighted by Crippen LogP contribution is 2.20. The number of hydrogen-bond donors (Lipinski definition) is 0. The molecule has 0 N–H and O–H groups in total. The second-order valence-electron chi connectivity index (χ2n) is 3.77. The van der Waals surface area contributed by atoms with E-state index in [1.54, 1.807) is 0 Å². The normalized spacial score (nSPS) is 10.6. The molecule has 0 saturated carbocycles. The minimum absolute atomic E-state index is 0.443. The number of furan rings is 1. The van der Waals surface area contributed by atoms with Crippen molar-refractivity contribution >= 4 is 11.0 Å². The van der Waals surface area contributed by atoms with Crippen LogP contribution in [0.25, 0.3) is 11.0 Å². The summed E-state index contributed by atoms with van der Waals surface area (Å²) in [4.78, 5) is 0. The van der Waals surface area contributed by atoms with Crippen molar-refractivity contribution in [2.75, 3.05) is 0 Å². The van der Waals surface area contributed by atoms with Gasteiger partial charge in [0.05, 0.1) is 0 Å². The van der Waals surface area contributed by atoms with E-state index in [1.807, 2.05) is 54.6 Å². The number of ether oxygens (including phenoxy) is 1. The Hall–Kier alpha value is -2.22. The first-order valence-electron chi connectivity index (χ1n) is 5.48. The van der Waals surface area contributed by atoms with Gasteiger partial charge in [-0.1, -0.05) is 30.3 Å². The first kappa shape index (κ1) is 9.97. The second-order valence-corrected chi connectivity index (χ2v) is 3.77. The first-order chi connectivity index (χ1) is 8.42. The molecule has 0 spiro atoms. The van der Waals surface area contributed by atoms with Crippen LogP contribution in [0.15, 0.2) is 59.0 Å². The summed E-state index contributed by atoms with van der Waals surface area (Å²) >= 11 is 0. The molecule has 2 heteroatoms. The molecule has 3 rings (SSSR count). The lowest BCUT2D eigenvalue weighted by molar-refractivity contribution is 0.274. The Labute approximate surface area is 99.4 Å². The fraction of sp³-hybridized carbons (Fsp3) is 0.0667. The Morgan fingerprint density at radius 2 is 1.88 bits per heavy atom. The van der Waals surface area contributed by atoms with Gasteiger partial charge in [0.2, 0.25) is 0 Å². The molecule has 0 saturated heterocycles. The second kappa shape index (κ2) is 4.34. The Kier molecular flexibility index (Phi) is 2.54. The summed E-state index contributed by atoms with van der Waals surface area (Å²) in [7, 11) is 0. The van der Waals surface area contributed by atoms with Crippen LogP contribution in [0, 0.1) is 6.07 Å². The zero-order chi connectivity index (χ0) is 11.5. The van der Waals surface area contributed by atoms with Crippen LogP contribution in [0.1, 0.15) is 5.76 Å². The number of hydrogen-bond acceptors (Lipinski definition) is 2. The average Bonchev–Trinajstić information content (AvgIpc) is 2.80. The summed E-state index contributed by atoms with van der Waals surface area (Å²) in [5, 5.41) is 1.10. The molecule has 0 unspecified atom stereocenters. The minimum atomic E-state index is 0.443. The van der Waals surface area contributed by atoms with Crippen molar-refractivity contribution in [2.24, 2.45) is 0 Å². The number of para-hydroxylation sites is 1. The highest BCUT2D eigenvalue weighted by molar-refractivity contribution is 5.77. The summed E-state index contributed by atoms with van der Waals surface area (Å²) in [6.45, 7) is 0.443. The molecule has 83 valence electrons. The SMILES string of the molecule is [c]1ccc(OCc2cc3ccccc3o2)cc1. The van der Waals surface area contributed by atoms with E-state index < -0.39 is 0 Å². The van der Waals surface area contributed by atoms with E-state index in [4.69, 9.17) is 9.15 Å². The maximum Gasteiger partial charge on any atom is 0.146 e. The highest BCUT2D eigenvalue weighted by Gasteiger charge is 2.03. The van der Waals surface area contributed by atoms with Crippen molar-refractivity contribution in [1.82, 2.24) is 0 Å². The van der Waals surface area contributed by atoms with Crippen molar-refractivity contribution in [3.8, 4) is 5.75 Å². The van der Waals surface area contributed by atoms with Crippen LogP contribution >= 0.6 is 0 Å². The first-order valence-corrected chi connectivity index (χ1v) is 5.48. The zero-order valence-corrected chi connectivity index (χ0v) is 9.22. The van der Waals surface area contributed by atoms with Crippen molar-refractivity contribution in [3.05, 3.63) is 66.4 Å². The molecule has 2 aromatic carbocycles. The number of fused-ring (bicyclic) bond motifs is 1. The average molecular weight is 223 g/mol. The van der Waals surface area contributed by atoms with Gasteiger partial charge >= 0.3 is 0 Å². The highest BCUT2D eigenvalue weighted by atomic mass is 16.5. The molecule has 0 bridgehead atoms. The summed E-state index contributed by atoms with van der Waals surface area (Å²) in [6, 6.07) is 20.3. The topological polar surface area (TPSA) is 22.4 Å². The van der Waals surface area contributed by atoms with Crippen LogP contribution in [0.3, 0.4) is 0 Å². The van der Waals surface area contributed by atoms with E-state index in [2.05, 4.69) is 6.07 Å². The molecular formula is C15H11O2. The molecule has 17 heavy (non-hydrogen) atoms. The summed E-state index contributed by atoms with van der Waals surface area (Å²) in [6.07, 6.45) is 0. The molecule has 0 fully saturated rings. The lowest BCUT2D eigenvalue weighted by Gasteiger charge is -2.02. The van der Waals surface area contributed by atoms with Crippen LogP contribution in [0.5, 0.6) is 5.75 Å². The van der Waals surface area contributed by atoms with Crippen molar-refractivity contribution in [3.63, 3.8) is 0 Å².